The van der Waals surface area contributed by atoms with Crippen molar-refractivity contribution in [1.29, 1.82) is 0 Å². The highest BCUT2D eigenvalue weighted by molar-refractivity contribution is 5.52. The van der Waals surface area contributed by atoms with Gasteiger partial charge < -0.3 is 15.2 Å². The summed E-state index contributed by atoms with van der Waals surface area (Å²) < 4.78 is 11.0. The van der Waals surface area contributed by atoms with Gasteiger partial charge in [0, 0.05) is 18.2 Å². The van der Waals surface area contributed by atoms with Crippen molar-refractivity contribution in [3.05, 3.63) is 23.3 Å². The quantitative estimate of drug-likeness (QED) is 0.903. The SMILES string of the molecule is COc1ccc(C)c(C2CC(CN)CN2C)c1OC. The molecule has 0 radical (unpaired) electrons. The highest BCUT2D eigenvalue weighted by atomic mass is 16.5. The van der Waals surface area contributed by atoms with Crippen molar-refractivity contribution in [3.63, 3.8) is 0 Å². The minimum absolute atomic E-state index is 0.360. The summed E-state index contributed by atoms with van der Waals surface area (Å²) in [6.07, 6.45) is 1.08. The maximum atomic E-state index is 5.82. The van der Waals surface area contributed by atoms with E-state index in [0.717, 1.165) is 31.0 Å². The second-order valence-corrected chi connectivity index (χ2v) is 5.32. The molecule has 1 aromatic rings. The standard InChI is InChI=1S/C15H24N2O2/c1-10-5-6-13(18-3)15(19-4)14(10)12-7-11(8-16)9-17(12)2/h5-6,11-12H,7-9,16H2,1-4H3. The maximum Gasteiger partial charge on any atom is 0.165 e. The maximum absolute atomic E-state index is 5.82. The fourth-order valence-corrected chi connectivity index (χ4v) is 3.08. The Labute approximate surface area is 115 Å². The molecular weight excluding hydrogens is 240 g/mol. The van der Waals surface area contributed by atoms with Crippen LogP contribution in [0.1, 0.15) is 23.6 Å². The molecule has 106 valence electrons. The highest BCUT2D eigenvalue weighted by Crippen LogP contribution is 2.43. The van der Waals surface area contributed by atoms with Gasteiger partial charge in [-0.1, -0.05) is 6.07 Å². The molecule has 1 aromatic carbocycles. The van der Waals surface area contributed by atoms with Crippen molar-refractivity contribution in [2.75, 3.05) is 34.4 Å². The summed E-state index contributed by atoms with van der Waals surface area (Å²) in [7, 11) is 5.53. The van der Waals surface area contributed by atoms with E-state index in [1.165, 1.54) is 11.1 Å². The van der Waals surface area contributed by atoms with Gasteiger partial charge in [-0.15, -0.1) is 0 Å². The van der Waals surface area contributed by atoms with Crippen molar-refractivity contribution in [2.24, 2.45) is 11.7 Å². The molecule has 4 heteroatoms. The third-order valence-electron chi connectivity index (χ3n) is 4.10. The van der Waals surface area contributed by atoms with E-state index in [1.54, 1.807) is 14.2 Å². The second kappa shape index (κ2) is 5.80. The van der Waals surface area contributed by atoms with E-state index in [0.29, 0.717) is 12.0 Å². The third-order valence-corrected chi connectivity index (χ3v) is 4.10. The number of nitrogens with zero attached hydrogens (tertiary/aromatic N) is 1. The lowest BCUT2D eigenvalue weighted by atomic mass is 9.95. The number of hydrogen-bond donors (Lipinski definition) is 1. The molecular formula is C15H24N2O2. The summed E-state index contributed by atoms with van der Waals surface area (Å²) in [5.41, 5.74) is 8.30. The average Bonchev–Trinajstić information content (AvgIpc) is 2.79. The lowest BCUT2D eigenvalue weighted by Crippen LogP contribution is -2.21. The first kappa shape index (κ1) is 14.2. The van der Waals surface area contributed by atoms with Crippen LogP contribution in [0, 0.1) is 12.8 Å². The number of likely N-dealkylation sites (tertiary alicyclic amines) is 1. The number of ether oxygens (including phenoxy) is 2. The molecule has 2 atom stereocenters. The van der Waals surface area contributed by atoms with Crippen LogP contribution in [0.25, 0.3) is 0 Å². The molecule has 1 heterocycles. The van der Waals surface area contributed by atoms with Crippen molar-refractivity contribution >= 4 is 0 Å². The van der Waals surface area contributed by atoms with Gasteiger partial charge in [-0.25, -0.2) is 0 Å². The molecule has 1 aliphatic heterocycles. The predicted molar refractivity (Wildman–Crippen MR) is 76.8 cm³/mol. The molecule has 2 N–H and O–H groups in total. The van der Waals surface area contributed by atoms with E-state index in [4.69, 9.17) is 15.2 Å². The summed E-state index contributed by atoms with van der Waals surface area (Å²) in [5, 5.41) is 0. The van der Waals surface area contributed by atoms with Crippen LogP contribution in [-0.4, -0.2) is 39.3 Å². The van der Waals surface area contributed by atoms with E-state index in [-0.39, 0.29) is 0 Å². The van der Waals surface area contributed by atoms with E-state index in [1.807, 2.05) is 6.07 Å². The monoisotopic (exact) mass is 264 g/mol. The lowest BCUT2D eigenvalue weighted by molar-refractivity contribution is 0.295. The minimum atomic E-state index is 0.360. The van der Waals surface area contributed by atoms with Gasteiger partial charge in [0.2, 0.25) is 0 Å². The Bertz CT molecular complexity index is 448. The van der Waals surface area contributed by atoms with E-state index in [2.05, 4.69) is 24.9 Å². The number of aryl methyl sites for hydroxylation is 1. The molecule has 0 aliphatic carbocycles. The fourth-order valence-electron chi connectivity index (χ4n) is 3.08. The van der Waals surface area contributed by atoms with Crippen LogP contribution in [0.2, 0.25) is 0 Å². The van der Waals surface area contributed by atoms with Gasteiger partial charge in [0.1, 0.15) is 0 Å². The molecule has 0 saturated carbocycles. The lowest BCUT2D eigenvalue weighted by Gasteiger charge is -2.25. The zero-order valence-corrected chi connectivity index (χ0v) is 12.3. The van der Waals surface area contributed by atoms with Gasteiger partial charge in [-0.2, -0.15) is 0 Å². The van der Waals surface area contributed by atoms with Crippen molar-refractivity contribution < 1.29 is 9.47 Å². The van der Waals surface area contributed by atoms with Crippen LogP contribution in [0.3, 0.4) is 0 Å². The Kier molecular flexibility index (Phi) is 4.32. The Balaban J connectivity index is 2.43. The first-order chi connectivity index (χ1) is 9.12. The third kappa shape index (κ3) is 2.55. The molecule has 2 unspecified atom stereocenters. The van der Waals surface area contributed by atoms with Crippen LogP contribution < -0.4 is 15.2 Å². The largest absolute Gasteiger partial charge is 0.493 e. The Morgan fingerprint density at radius 3 is 2.58 bits per heavy atom. The van der Waals surface area contributed by atoms with Crippen LogP contribution in [0.4, 0.5) is 0 Å². The number of hydrogen-bond acceptors (Lipinski definition) is 4. The number of rotatable bonds is 4. The van der Waals surface area contributed by atoms with Crippen molar-refractivity contribution in [1.82, 2.24) is 4.90 Å². The second-order valence-electron chi connectivity index (χ2n) is 5.32. The van der Waals surface area contributed by atoms with E-state index < -0.39 is 0 Å². The summed E-state index contributed by atoms with van der Waals surface area (Å²) in [5.74, 6) is 2.22. The van der Waals surface area contributed by atoms with Crippen LogP contribution in [-0.2, 0) is 0 Å². The summed E-state index contributed by atoms with van der Waals surface area (Å²) in [4.78, 5) is 2.36. The molecule has 1 saturated heterocycles. The number of nitrogens with two attached hydrogens (primary N) is 1. The zero-order valence-electron chi connectivity index (χ0n) is 12.3. The summed E-state index contributed by atoms with van der Waals surface area (Å²) in [6, 6.07) is 4.42. The smallest absolute Gasteiger partial charge is 0.165 e. The Hall–Kier alpha value is -1.26. The molecule has 0 bridgehead atoms. The molecule has 4 nitrogen and oxygen atoms in total. The Morgan fingerprint density at radius 1 is 1.32 bits per heavy atom. The first-order valence-electron chi connectivity index (χ1n) is 6.74. The van der Waals surface area contributed by atoms with Gasteiger partial charge in [-0.3, -0.25) is 4.90 Å². The topological polar surface area (TPSA) is 47.7 Å². The van der Waals surface area contributed by atoms with Crippen molar-refractivity contribution in [3.8, 4) is 11.5 Å². The molecule has 0 amide bonds. The number of methoxy groups -OCH3 is 2. The fraction of sp³-hybridized carbons (Fsp3) is 0.600. The molecule has 1 aliphatic rings. The Morgan fingerprint density at radius 2 is 2.05 bits per heavy atom. The average molecular weight is 264 g/mol. The van der Waals surface area contributed by atoms with Crippen LogP contribution in [0.15, 0.2) is 12.1 Å². The van der Waals surface area contributed by atoms with Gasteiger partial charge in [-0.05, 0) is 44.5 Å². The molecule has 2 rings (SSSR count). The number of benzene rings is 1. The molecule has 1 fully saturated rings. The van der Waals surface area contributed by atoms with Gasteiger partial charge >= 0.3 is 0 Å². The zero-order chi connectivity index (χ0) is 14.0. The molecule has 19 heavy (non-hydrogen) atoms. The van der Waals surface area contributed by atoms with Crippen molar-refractivity contribution in [2.45, 2.75) is 19.4 Å². The molecule has 0 spiro atoms. The summed E-state index contributed by atoms with van der Waals surface area (Å²) in [6.45, 7) is 3.91. The van der Waals surface area contributed by atoms with Crippen LogP contribution in [0.5, 0.6) is 11.5 Å². The van der Waals surface area contributed by atoms with E-state index in [9.17, 15) is 0 Å². The van der Waals surface area contributed by atoms with Gasteiger partial charge in [0.25, 0.3) is 0 Å². The van der Waals surface area contributed by atoms with Crippen LogP contribution >= 0.6 is 0 Å². The molecule has 0 aromatic heterocycles. The highest BCUT2D eigenvalue weighted by Gasteiger charge is 2.33. The van der Waals surface area contributed by atoms with Gasteiger partial charge in [0.05, 0.1) is 14.2 Å². The van der Waals surface area contributed by atoms with E-state index >= 15 is 0 Å². The predicted octanol–water partition coefficient (Wildman–Crippen LogP) is 1.96. The van der Waals surface area contributed by atoms with Gasteiger partial charge in [0.15, 0.2) is 11.5 Å². The minimum Gasteiger partial charge on any atom is -0.493 e. The normalized spacial score (nSPS) is 23.6. The summed E-state index contributed by atoms with van der Waals surface area (Å²) >= 11 is 0. The first-order valence-corrected chi connectivity index (χ1v) is 6.74.